The van der Waals surface area contributed by atoms with Crippen LogP contribution in [-0.4, -0.2) is 18.0 Å². The Hall–Kier alpha value is -2.79. The highest BCUT2D eigenvalue weighted by Gasteiger charge is 2.16. The molecule has 0 aliphatic heterocycles. The number of pyridine rings is 1. The predicted molar refractivity (Wildman–Crippen MR) is 123 cm³/mol. The largest absolute Gasteiger partial charge is 0.497 e. The summed E-state index contributed by atoms with van der Waals surface area (Å²) < 4.78 is 5.22. The molecule has 30 heavy (non-hydrogen) atoms. The van der Waals surface area contributed by atoms with Crippen molar-refractivity contribution in [2.24, 2.45) is 0 Å². The Morgan fingerprint density at radius 2 is 1.60 bits per heavy atom. The minimum Gasteiger partial charge on any atom is -0.497 e. The van der Waals surface area contributed by atoms with E-state index in [1.807, 2.05) is 48.5 Å². The predicted octanol–water partition coefficient (Wildman–Crippen LogP) is 7.12. The minimum absolute atomic E-state index is 0.298. The summed E-state index contributed by atoms with van der Waals surface area (Å²) in [6.07, 6.45) is 0. The van der Waals surface area contributed by atoms with Crippen molar-refractivity contribution in [2.75, 3.05) is 12.4 Å². The number of carbonyl (C=O) groups excluding carboxylic acids is 1. The van der Waals surface area contributed by atoms with Gasteiger partial charge in [0.15, 0.2) is 0 Å². The molecule has 1 N–H and O–H groups in total. The van der Waals surface area contributed by atoms with E-state index in [-0.39, 0.29) is 5.91 Å². The van der Waals surface area contributed by atoms with Crippen molar-refractivity contribution < 1.29 is 9.53 Å². The van der Waals surface area contributed by atoms with Crippen molar-refractivity contribution >= 4 is 57.3 Å². The molecule has 0 bridgehead atoms. The number of rotatable bonds is 4. The quantitative estimate of drug-likeness (QED) is 0.332. The Balaban J connectivity index is 1.79. The van der Waals surface area contributed by atoms with Crippen LogP contribution < -0.4 is 10.1 Å². The summed E-state index contributed by atoms with van der Waals surface area (Å²) in [5, 5.41) is 4.46. The van der Waals surface area contributed by atoms with Gasteiger partial charge in [0.05, 0.1) is 44.6 Å². The molecule has 150 valence electrons. The fourth-order valence-electron chi connectivity index (χ4n) is 3.08. The topological polar surface area (TPSA) is 51.2 Å². The Morgan fingerprint density at radius 1 is 0.900 bits per heavy atom. The number of methoxy groups -OCH3 is 1. The number of anilines is 1. The molecule has 4 aromatic rings. The van der Waals surface area contributed by atoms with Crippen LogP contribution in [0.5, 0.6) is 5.75 Å². The van der Waals surface area contributed by atoms with Crippen molar-refractivity contribution in [1.29, 1.82) is 0 Å². The van der Waals surface area contributed by atoms with E-state index in [0.29, 0.717) is 37.5 Å². The van der Waals surface area contributed by atoms with Crippen molar-refractivity contribution in [3.63, 3.8) is 0 Å². The van der Waals surface area contributed by atoms with Gasteiger partial charge < -0.3 is 10.1 Å². The van der Waals surface area contributed by atoms with Gasteiger partial charge in [-0.05, 0) is 48.5 Å². The van der Waals surface area contributed by atoms with Crippen molar-refractivity contribution in [2.45, 2.75) is 0 Å². The summed E-state index contributed by atoms with van der Waals surface area (Å²) in [5.41, 5.74) is 3.08. The summed E-state index contributed by atoms with van der Waals surface area (Å²) in [4.78, 5) is 17.9. The summed E-state index contributed by atoms with van der Waals surface area (Å²) in [5.74, 6) is 0.412. The minimum atomic E-state index is -0.330. The number of fused-ring (bicyclic) bond motifs is 1. The molecule has 1 aromatic heterocycles. The van der Waals surface area contributed by atoms with Crippen LogP contribution >= 0.6 is 34.8 Å². The van der Waals surface area contributed by atoms with Crippen LogP contribution in [0.25, 0.3) is 22.2 Å². The number of aromatic nitrogens is 1. The zero-order valence-corrected chi connectivity index (χ0v) is 18.0. The van der Waals surface area contributed by atoms with Gasteiger partial charge >= 0.3 is 0 Å². The lowest BCUT2D eigenvalue weighted by atomic mass is 10.0. The number of para-hydroxylation sites is 1. The number of halogens is 3. The second-order valence-electron chi connectivity index (χ2n) is 6.50. The van der Waals surface area contributed by atoms with E-state index in [2.05, 4.69) is 5.32 Å². The molecular weight excluding hydrogens is 443 g/mol. The number of carbonyl (C=O) groups is 1. The van der Waals surface area contributed by atoms with Gasteiger partial charge in [0.2, 0.25) is 0 Å². The molecule has 0 fully saturated rings. The van der Waals surface area contributed by atoms with Crippen LogP contribution in [-0.2, 0) is 0 Å². The van der Waals surface area contributed by atoms with Gasteiger partial charge in [-0.15, -0.1) is 0 Å². The molecule has 1 heterocycles. The molecule has 0 saturated carbocycles. The van der Waals surface area contributed by atoms with Crippen molar-refractivity contribution in [3.05, 3.63) is 87.4 Å². The van der Waals surface area contributed by atoms with Crippen LogP contribution in [0.2, 0.25) is 15.1 Å². The molecule has 4 rings (SSSR count). The smallest absolute Gasteiger partial charge is 0.256 e. The third kappa shape index (κ3) is 4.08. The maximum Gasteiger partial charge on any atom is 0.256 e. The number of nitrogens with zero attached hydrogens (tertiary/aromatic N) is 1. The average Bonchev–Trinajstić information content (AvgIpc) is 2.76. The van der Waals surface area contributed by atoms with Crippen LogP contribution in [0.15, 0.2) is 66.7 Å². The third-order valence-electron chi connectivity index (χ3n) is 4.60. The highest BCUT2D eigenvalue weighted by molar-refractivity contribution is 6.44. The van der Waals surface area contributed by atoms with Gasteiger partial charge in [-0.3, -0.25) is 4.79 Å². The lowest BCUT2D eigenvalue weighted by molar-refractivity contribution is 0.102. The molecule has 1 amide bonds. The second-order valence-corrected chi connectivity index (χ2v) is 7.72. The molecule has 0 spiro atoms. The molecule has 0 atom stereocenters. The maximum absolute atomic E-state index is 13.2. The molecule has 0 unspecified atom stereocenters. The number of hydrogen-bond acceptors (Lipinski definition) is 3. The molecular formula is C23H15Cl3N2O2. The first-order valence-corrected chi connectivity index (χ1v) is 10.1. The van der Waals surface area contributed by atoms with Crippen LogP contribution in [0.4, 0.5) is 5.69 Å². The molecule has 3 aromatic carbocycles. The number of ether oxygens (including phenoxy) is 1. The van der Waals surface area contributed by atoms with Crippen molar-refractivity contribution in [1.82, 2.24) is 4.98 Å². The SMILES string of the molecule is COc1ccc(-c2cc(C(=O)Nc3cc(Cl)c(Cl)cc3Cl)c3ccccc3n2)cc1. The van der Waals surface area contributed by atoms with Crippen molar-refractivity contribution in [3.8, 4) is 17.0 Å². The molecule has 7 heteroatoms. The second kappa shape index (κ2) is 8.52. The third-order valence-corrected chi connectivity index (χ3v) is 5.64. The maximum atomic E-state index is 13.2. The van der Waals surface area contributed by atoms with E-state index in [4.69, 9.17) is 44.5 Å². The first-order chi connectivity index (χ1) is 14.5. The fourth-order valence-corrected chi connectivity index (χ4v) is 3.68. The average molecular weight is 458 g/mol. The van der Waals surface area contributed by atoms with Gasteiger partial charge in [0.25, 0.3) is 5.91 Å². The first-order valence-electron chi connectivity index (χ1n) is 8.96. The molecule has 0 aliphatic rings. The highest BCUT2D eigenvalue weighted by Crippen LogP contribution is 2.33. The Labute approximate surface area is 188 Å². The fraction of sp³-hybridized carbons (Fsp3) is 0.0435. The molecule has 0 aliphatic carbocycles. The number of amides is 1. The van der Waals surface area contributed by atoms with Gasteiger partial charge in [-0.1, -0.05) is 53.0 Å². The Bertz CT molecular complexity index is 1260. The Morgan fingerprint density at radius 3 is 2.33 bits per heavy atom. The molecule has 0 radical (unpaired) electrons. The zero-order chi connectivity index (χ0) is 21.3. The summed E-state index contributed by atoms with van der Waals surface area (Å²) in [6, 6.07) is 19.7. The standard InChI is InChI=1S/C23H15Cl3N2O2/c1-30-14-8-6-13(7-9-14)21-10-16(15-4-2-3-5-20(15)27-21)23(29)28-22-12-18(25)17(24)11-19(22)26/h2-12H,1H3,(H,28,29). The Kier molecular flexibility index (Phi) is 5.82. The van der Waals surface area contributed by atoms with E-state index >= 15 is 0 Å². The van der Waals surface area contributed by atoms with E-state index in [9.17, 15) is 4.79 Å². The summed E-state index contributed by atoms with van der Waals surface area (Å²) >= 11 is 18.3. The summed E-state index contributed by atoms with van der Waals surface area (Å²) in [7, 11) is 1.61. The first kappa shape index (κ1) is 20.5. The van der Waals surface area contributed by atoms with Gasteiger partial charge in [0.1, 0.15) is 5.75 Å². The number of benzene rings is 3. The van der Waals surface area contributed by atoms with Crippen LogP contribution in [0.3, 0.4) is 0 Å². The van der Waals surface area contributed by atoms with E-state index in [1.54, 1.807) is 13.2 Å². The summed E-state index contributed by atoms with van der Waals surface area (Å²) in [6.45, 7) is 0. The van der Waals surface area contributed by atoms with E-state index < -0.39 is 0 Å². The highest BCUT2D eigenvalue weighted by atomic mass is 35.5. The number of nitrogens with one attached hydrogen (secondary N) is 1. The van der Waals surface area contributed by atoms with E-state index in [0.717, 1.165) is 16.7 Å². The lowest BCUT2D eigenvalue weighted by Gasteiger charge is -2.12. The lowest BCUT2D eigenvalue weighted by Crippen LogP contribution is -2.13. The van der Waals surface area contributed by atoms with Crippen LogP contribution in [0.1, 0.15) is 10.4 Å². The zero-order valence-electron chi connectivity index (χ0n) is 15.7. The van der Waals surface area contributed by atoms with Crippen LogP contribution in [0, 0.1) is 0 Å². The molecule has 0 saturated heterocycles. The van der Waals surface area contributed by atoms with Gasteiger partial charge in [-0.2, -0.15) is 0 Å². The molecule has 4 nitrogen and oxygen atoms in total. The van der Waals surface area contributed by atoms with Gasteiger partial charge in [0, 0.05) is 10.9 Å². The van der Waals surface area contributed by atoms with Gasteiger partial charge in [-0.25, -0.2) is 4.98 Å². The number of hydrogen-bond donors (Lipinski definition) is 1. The van der Waals surface area contributed by atoms with E-state index in [1.165, 1.54) is 12.1 Å². The normalized spacial score (nSPS) is 10.8. The monoisotopic (exact) mass is 456 g/mol.